The molecule has 0 fully saturated rings. The number of hydrogen-bond acceptors (Lipinski definition) is 4. The van der Waals surface area contributed by atoms with E-state index in [1.54, 1.807) is 14.0 Å². The Kier molecular flexibility index (Phi) is 4.73. The van der Waals surface area contributed by atoms with E-state index in [0.717, 1.165) is 5.56 Å². The van der Waals surface area contributed by atoms with Crippen LogP contribution in [0.15, 0.2) is 24.3 Å². The number of methoxy groups -OCH3 is 1. The minimum Gasteiger partial charge on any atom is -0.491 e. The summed E-state index contributed by atoms with van der Waals surface area (Å²) in [5.74, 6) is 0.711. The molecule has 0 saturated heterocycles. The smallest absolute Gasteiger partial charge is 0.119 e. The summed E-state index contributed by atoms with van der Waals surface area (Å²) in [6.07, 6.45) is 0. The fourth-order valence-electron chi connectivity index (χ4n) is 1.19. The van der Waals surface area contributed by atoms with Gasteiger partial charge in [-0.25, -0.2) is 0 Å². The van der Waals surface area contributed by atoms with Gasteiger partial charge < -0.3 is 20.3 Å². The van der Waals surface area contributed by atoms with Crippen LogP contribution in [0.3, 0.4) is 0 Å². The van der Waals surface area contributed by atoms with Gasteiger partial charge in [0, 0.05) is 13.7 Å². The first-order valence-electron chi connectivity index (χ1n) is 5.20. The van der Waals surface area contributed by atoms with Gasteiger partial charge >= 0.3 is 0 Å². The number of ether oxygens (including phenoxy) is 2. The van der Waals surface area contributed by atoms with Gasteiger partial charge in [-0.3, -0.25) is 0 Å². The van der Waals surface area contributed by atoms with Gasteiger partial charge in [0.25, 0.3) is 0 Å². The van der Waals surface area contributed by atoms with Gasteiger partial charge in [0.2, 0.25) is 0 Å². The van der Waals surface area contributed by atoms with Crippen LogP contribution in [-0.4, -0.2) is 31.0 Å². The molecule has 4 heteroatoms. The molecule has 4 nitrogen and oxygen atoms in total. The van der Waals surface area contributed by atoms with Gasteiger partial charge in [-0.2, -0.15) is 0 Å². The fourth-order valence-corrected chi connectivity index (χ4v) is 1.19. The van der Waals surface area contributed by atoms with E-state index in [-0.39, 0.29) is 13.2 Å². The van der Waals surface area contributed by atoms with Crippen LogP contribution < -0.4 is 10.5 Å². The van der Waals surface area contributed by atoms with E-state index in [2.05, 4.69) is 0 Å². The number of nitrogens with two attached hydrogens (primary N) is 1. The lowest BCUT2D eigenvalue weighted by Crippen LogP contribution is -2.40. The molecule has 0 amide bonds. The van der Waals surface area contributed by atoms with Crippen molar-refractivity contribution in [3.63, 3.8) is 0 Å². The van der Waals surface area contributed by atoms with Crippen LogP contribution in [-0.2, 0) is 11.3 Å². The molecule has 0 saturated carbocycles. The maximum absolute atomic E-state index is 9.68. The fraction of sp³-hybridized carbons (Fsp3) is 0.500. The minimum atomic E-state index is -0.989. The second kappa shape index (κ2) is 5.84. The molecule has 1 aromatic rings. The topological polar surface area (TPSA) is 64.7 Å². The van der Waals surface area contributed by atoms with Crippen LogP contribution in [0.2, 0.25) is 0 Å². The molecule has 3 N–H and O–H groups in total. The van der Waals surface area contributed by atoms with Crippen molar-refractivity contribution >= 4 is 0 Å². The first-order chi connectivity index (χ1) is 7.57. The summed E-state index contributed by atoms with van der Waals surface area (Å²) in [5.41, 5.74) is 5.44. The van der Waals surface area contributed by atoms with Gasteiger partial charge in [0.1, 0.15) is 18.0 Å². The van der Waals surface area contributed by atoms with E-state index >= 15 is 0 Å². The lowest BCUT2D eigenvalue weighted by molar-refractivity contribution is 0.0195. The van der Waals surface area contributed by atoms with Gasteiger partial charge in [-0.15, -0.1) is 0 Å². The monoisotopic (exact) mass is 225 g/mol. The quantitative estimate of drug-likeness (QED) is 0.755. The van der Waals surface area contributed by atoms with Crippen molar-refractivity contribution in [2.24, 2.45) is 5.73 Å². The summed E-state index contributed by atoms with van der Waals surface area (Å²) in [7, 11) is 1.65. The molecule has 1 aromatic carbocycles. The summed E-state index contributed by atoms with van der Waals surface area (Å²) in [6, 6.07) is 7.57. The molecule has 0 radical (unpaired) electrons. The molecule has 16 heavy (non-hydrogen) atoms. The molecular formula is C12H19NO3. The van der Waals surface area contributed by atoms with Gasteiger partial charge in [0.05, 0.1) is 6.61 Å². The molecule has 90 valence electrons. The Morgan fingerprint density at radius 3 is 2.81 bits per heavy atom. The summed E-state index contributed by atoms with van der Waals surface area (Å²) in [5, 5.41) is 9.68. The van der Waals surface area contributed by atoms with Gasteiger partial charge in [-0.1, -0.05) is 12.1 Å². The van der Waals surface area contributed by atoms with Crippen LogP contribution in [0.4, 0.5) is 0 Å². The highest BCUT2D eigenvalue weighted by Crippen LogP contribution is 2.15. The van der Waals surface area contributed by atoms with E-state index in [1.807, 2.05) is 24.3 Å². The molecule has 0 spiro atoms. The zero-order valence-electron chi connectivity index (χ0n) is 9.77. The zero-order valence-corrected chi connectivity index (χ0v) is 9.77. The number of aliphatic hydroxyl groups is 1. The molecule has 1 unspecified atom stereocenters. The van der Waals surface area contributed by atoms with Crippen molar-refractivity contribution in [2.75, 3.05) is 20.3 Å². The predicted octanol–water partition coefficient (Wildman–Crippen LogP) is 0.921. The second-order valence-corrected chi connectivity index (χ2v) is 4.07. The van der Waals surface area contributed by atoms with E-state index < -0.39 is 5.60 Å². The van der Waals surface area contributed by atoms with Crippen LogP contribution in [0, 0.1) is 0 Å². The lowest BCUT2D eigenvalue weighted by Gasteiger charge is -2.21. The highest BCUT2D eigenvalue weighted by Gasteiger charge is 2.18. The zero-order chi connectivity index (χ0) is 12.0. The SMILES string of the molecule is COCc1cccc(OCC(C)(O)CN)c1. The minimum absolute atomic E-state index is 0.171. The summed E-state index contributed by atoms with van der Waals surface area (Å²) in [6.45, 7) is 2.54. The Morgan fingerprint density at radius 1 is 1.44 bits per heavy atom. The van der Waals surface area contributed by atoms with E-state index in [4.69, 9.17) is 15.2 Å². The van der Waals surface area contributed by atoms with Gasteiger partial charge in [-0.05, 0) is 24.6 Å². The highest BCUT2D eigenvalue weighted by atomic mass is 16.5. The van der Waals surface area contributed by atoms with Crippen molar-refractivity contribution < 1.29 is 14.6 Å². The Bertz CT molecular complexity index is 326. The van der Waals surface area contributed by atoms with Crippen molar-refractivity contribution in [3.8, 4) is 5.75 Å². The van der Waals surface area contributed by atoms with Crippen LogP contribution in [0.5, 0.6) is 5.75 Å². The second-order valence-electron chi connectivity index (χ2n) is 4.07. The predicted molar refractivity (Wildman–Crippen MR) is 62.3 cm³/mol. The maximum atomic E-state index is 9.68. The Labute approximate surface area is 96.0 Å². The van der Waals surface area contributed by atoms with Crippen molar-refractivity contribution in [1.29, 1.82) is 0 Å². The molecule has 0 aromatic heterocycles. The third-order valence-electron chi connectivity index (χ3n) is 2.20. The number of benzene rings is 1. The largest absolute Gasteiger partial charge is 0.491 e. The molecule has 0 bridgehead atoms. The highest BCUT2D eigenvalue weighted by molar-refractivity contribution is 5.28. The molecule has 0 heterocycles. The van der Waals surface area contributed by atoms with Crippen LogP contribution >= 0.6 is 0 Å². The first kappa shape index (κ1) is 13.0. The van der Waals surface area contributed by atoms with E-state index in [0.29, 0.717) is 12.4 Å². The molecule has 1 rings (SSSR count). The molecule has 0 aliphatic heterocycles. The van der Waals surface area contributed by atoms with Crippen molar-refractivity contribution in [2.45, 2.75) is 19.1 Å². The Hall–Kier alpha value is -1.10. The van der Waals surface area contributed by atoms with Crippen LogP contribution in [0.1, 0.15) is 12.5 Å². The van der Waals surface area contributed by atoms with Gasteiger partial charge in [0.15, 0.2) is 0 Å². The molecule has 1 atom stereocenters. The molecule has 0 aliphatic carbocycles. The third kappa shape index (κ3) is 4.18. The average Bonchev–Trinajstić information content (AvgIpc) is 2.28. The Balaban J connectivity index is 2.57. The summed E-state index contributed by atoms with van der Waals surface area (Å²) >= 11 is 0. The molecular weight excluding hydrogens is 206 g/mol. The average molecular weight is 225 g/mol. The van der Waals surface area contributed by atoms with E-state index in [1.165, 1.54) is 0 Å². The number of hydrogen-bond donors (Lipinski definition) is 2. The standard InChI is InChI=1S/C12H19NO3/c1-12(14,8-13)9-16-11-5-3-4-10(6-11)7-15-2/h3-6,14H,7-9,13H2,1-2H3. The molecule has 0 aliphatic rings. The van der Waals surface area contributed by atoms with Crippen molar-refractivity contribution in [3.05, 3.63) is 29.8 Å². The van der Waals surface area contributed by atoms with E-state index in [9.17, 15) is 5.11 Å². The third-order valence-corrected chi connectivity index (χ3v) is 2.20. The van der Waals surface area contributed by atoms with Crippen molar-refractivity contribution in [1.82, 2.24) is 0 Å². The lowest BCUT2D eigenvalue weighted by atomic mass is 10.1. The summed E-state index contributed by atoms with van der Waals surface area (Å²) < 4.78 is 10.5. The first-order valence-corrected chi connectivity index (χ1v) is 5.20. The maximum Gasteiger partial charge on any atom is 0.119 e. The number of rotatable bonds is 6. The van der Waals surface area contributed by atoms with Crippen LogP contribution in [0.25, 0.3) is 0 Å². The normalized spacial score (nSPS) is 14.5. The Morgan fingerprint density at radius 2 is 2.19 bits per heavy atom. The summed E-state index contributed by atoms with van der Waals surface area (Å²) in [4.78, 5) is 0.